The molecule has 20 heavy (non-hydrogen) atoms. The molecule has 118 valence electrons. The Labute approximate surface area is 120 Å². The first-order chi connectivity index (χ1) is 9.49. The van der Waals surface area contributed by atoms with E-state index >= 15 is 0 Å². The lowest BCUT2D eigenvalue weighted by atomic mass is 10.5. The molecule has 0 rings (SSSR count). The van der Waals surface area contributed by atoms with E-state index in [4.69, 9.17) is 18.0 Å². The molecule has 0 aromatic rings. The Morgan fingerprint density at radius 2 is 1.55 bits per heavy atom. The average molecular weight is 309 g/mol. The van der Waals surface area contributed by atoms with Crippen molar-refractivity contribution in [2.75, 3.05) is 41.1 Å². The monoisotopic (exact) mass is 309 g/mol. The van der Waals surface area contributed by atoms with Gasteiger partial charge >= 0.3 is 20.9 Å². The molecule has 0 atom stereocenters. The van der Waals surface area contributed by atoms with Crippen LogP contribution in [-0.4, -0.2) is 62.0 Å². The molecule has 0 aliphatic heterocycles. The van der Waals surface area contributed by atoms with E-state index in [2.05, 4.69) is 10.1 Å². The largest absolute Gasteiger partial charge is 0.500 e. The van der Waals surface area contributed by atoms with Gasteiger partial charge in [-0.1, -0.05) is 0 Å². The van der Waals surface area contributed by atoms with E-state index in [-0.39, 0.29) is 13.2 Å². The van der Waals surface area contributed by atoms with Crippen molar-refractivity contribution in [2.45, 2.75) is 19.4 Å². The summed E-state index contributed by atoms with van der Waals surface area (Å²) in [5.74, 6) is -0.408. The maximum Gasteiger partial charge on any atom is 0.500 e. The summed E-state index contributed by atoms with van der Waals surface area (Å²) in [5.41, 5.74) is 0. The van der Waals surface area contributed by atoms with Gasteiger partial charge in [0, 0.05) is 40.8 Å². The summed E-state index contributed by atoms with van der Waals surface area (Å²) < 4.78 is 25.2. The fourth-order valence-electron chi connectivity index (χ4n) is 1.42. The number of hydrogen-bond donors (Lipinski definition) is 1. The number of amides is 1. The summed E-state index contributed by atoms with van der Waals surface area (Å²) in [5, 5.41) is 2.57. The van der Waals surface area contributed by atoms with Crippen LogP contribution < -0.4 is 5.32 Å². The smallest absolute Gasteiger partial charge is 0.462 e. The van der Waals surface area contributed by atoms with E-state index < -0.39 is 20.9 Å². The Bertz CT molecular complexity index is 288. The standard InChI is InChI=1S/C11H23NO7Si/c1-10(13)18-7-8-19-11(14)12-6-5-9-20(15-2,16-3)17-4/h5-9H2,1-4H3,(H,12,14). The number of alkyl carbamates (subject to hydrolysis) is 1. The van der Waals surface area contributed by atoms with E-state index in [1.54, 1.807) is 0 Å². The van der Waals surface area contributed by atoms with E-state index in [1.165, 1.54) is 28.3 Å². The molecule has 0 saturated carbocycles. The van der Waals surface area contributed by atoms with Crippen molar-refractivity contribution in [2.24, 2.45) is 0 Å². The van der Waals surface area contributed by atoms with Gasteiger partial charge in [0.05, 0.1) is 0 Å². The van der Waals surface area contributed by atoms with Crippen LogP contribution >= 0.6 is 0 Å². The minimum atomic E-state index is -2.58. The van der Waals surface area contributed by atoms with E-state index in [0.29, 0.717) is 19.0 Å². The van der Waals surface area contributed by atoms with Gasteiger partial charge in [-0.2, -0.15) is 0 Å². The van der Waals surface area contributed by atoms with Gasteiger partial charge in [0.25, 0.3) is 0 Å². The van der Waals surface area contributed by atoms with Crippen molar-refractivity contribution in [3.8, 4) is 0 Å². The highest BCUT2D eigenvalue weighted by molar-refractivity contribution is 6.60. The van der Waals surface area contributed by atoms with Crippen molar-refractivity contribution in [3.05, 3.63) is 0 Å². The van der Waals surface area contributed by atoms with Gasteiger partial charge < -0.3 is 28.1 Å². The minimum Gasteiger partial charge on any atom is -0.462 e. The number of rotatable bonds is 10. The summed E-state index contributed by atoms with van der Waals surface area (Å²) in [6.45, 7) is 1.78. The lowest BCUT2D eigenvalue weighted by Gasteiger charge is -2.24. The number of hydrogen-bond acceptors (Lipinski definition) is 7. The second-order valence-corrected chi connectivity index (χ2v) is 6.89. The first kappa shape index (κ1) is 18.8. The third kappa shape index (κ3) is 8.10. The number of nitrogens with one attached hydrogen (secondary N) is 1. The van der Waals surface area contributed by atoms with Crippen molar-refractivity contribution in [1.82, 2.24) is 5.32 Å². The molecular formula is C11H23NO7Si. The predicted octanol–water partition coefficient (Wildman–Crippen LogP) is 0.544. The van der Waals surface area contributed by atoms with Crippen LogP contribution in [0.15, 0.2) is 0 Å². The van der Waals surface area contributed by atoms with Crippen LogP contribution in [0.4, 0.5) is 4.79 Å². The molecule has 1 N–H and O–H groups in total. The quantitative estimate of drug-likeness (QED) is 0.358. The molecule has 0 aromatic carbocycles. The molecule has 0 fully saturated rings. The van der Waals surface area contributed by atoms with Crippen molar-refractivity contribution < 1.29 is 32.3 Å². The number of ether oxygens (including phenoxy) is 2. The molecule has 0 saturated heterocycles. The van der Waals surface area contributed by atoms with E-state index in [0.717, 1.165) is 0 Å². The summed E-state index contributed by atoms with van der Waals surface area (Å²) in [6, 6.07) is 0.588. The Balaban J connectivity index is 3.68. The number of esters is 1. The van der Waals surface area contributed by atoms with Gasteiger partial charge in [-0.05, 0) is 6.42 Å². The van der Waals surface area contributed by atoms with E-state index in [9.17, 15) is 9.59 Å². The highest BCUT2D eigenvalue weighted by atomic mass is 28.4. The van der Waals surface area contributed by atoms with Crippen molar-refractivity contribution >= 4 is 20.9 Å². The lowest BCUT2D eigenvalue weighted by Crippen LogP contribution is -2.43. The topological polar surface area (TPSA) is 92.3 Å². The third-order valence-corrected chi connectivity index (χ3v) is 5.32. The first-order valence-electron chi connectivity index (χ1n) is 6.19. The van der Waals surface area contributed by atoms with Gasteiger partial charge in [-0.25, -0.2) is 4.79 Å². The molecule has 0 bridgehead atoms. The Hall–Kier alpha value is -1.16. The molecule has 0 aromatic heterocycles. The summed E-state index contributed by atoms with van der Waals surface area (Å²) in [7, 11) is 2.03. The highest BCUT2D eigenvalue weighted by Gasteiger charge is 2.36. The number of carbonyl (C=O) groups is 2. The second-order valence-electron chi connectivity index (χ2n) is 3.80. The zero-order valence-corrected chi connectivity index (χ0v) is 13.4. The lowest BCUT2D eigenvalue weighted by molar-refractivity contribution is -0.141. The normalized spacial score (nSPS) is 11.0. The van der Waals surface area contributed by atoms with E-state index in [1.807, 2.05) is 0 Å². The van der Waals surface area contributed by atoms with Gasteiger partial charge in [0.1, 0.15) is 13.2 Å². The van der Waals surface area contributed by atoms with Crippen LogP contribution in [0, 0.1) is 0 Å². The molecule has 0 aliphatic rings. The van der Waals surface area contributed by atoms with Crippen molar-refractivity contribution in [3.63, 3.8) is 0 Å². The van der Waals surface area contributed by atoms with Gasteiger partial charge in [0.2, 0.25) is 0 Å². The van der Waals surface area contributed by atoms with Crippen molar-refractivity contribution in [1.29, 1.82) is 0 Å². The zero-order chi connectivity index (χ0) is 15.4. The second kappa shape index (κ2) is 10.6. The van der Waals surface area contributed by atoms with Gasteiger partial charge in [0.15, 0.2) is 0 Å². The molecule has 9 heteroatoms. The fraction of sp³-hybridized carbons (Fsp3) is 0.818. The molecule has 0 aliphatic carbocycles. The maximum absolute atomic E-state index is 11.3. The van der Waals surface area contributed by atoms with Crippen LogP contribution in [0.3, 0.4) is 0 Å². The summed E-state index contributed by atoms with van der Waals surface area (Å²) >= 11 is 0. The summed E-state index contributed by atoms with van der Waals surface area (Å²) in [6.07, 6.45) is 0.0810. The molecule has 0 radical (unpaired) electrons. The average Bonchev–Trinajstić information content (AvgIpc) is 2.44. The van der Waals surface area contributed by atoms with Crippen LogP contribution in [0.1, 0.15) is 13.3 Å². The van der Waals surface area contributed by atoms with Crippen LogP contribution in [0.5, 0.6) is 0 Å². The van der Waals surface area contributed by atoms with Crippen LogP contribution in [0.2, 0.25) is 6.04 Å². The number of carbonyl (C=O) groups excluding carboxylic acids is 2. The Morgan fingerprint density at radius 1 is 1.00 bits per heavy atom. The fourth-order valence-corrected chi connectivity index (χ4v) is 3.14. The molecular weight excluding hydrogens is 286 g/mol. The molecule has 1 amide bonds. The predicted molar refractivity (Wildman–Crippen MR) is 72.2 cm³/mol. The Kier molecular flexibility index (Phi) is 9.99. The van der Waals surface area contributed by atoms with Crippen LogP contribution in [-0.2, 0) is 27.5 Å². The molecule has 0 unspecified atom stereocenters. The van der Waals surface area contributed by atoms with Crippen LogP contribution in [0.25, 0.3) is 0 Å². The van der Waals surface area contributed by atoms with Gasteiger partial charge in [-0.15, -0.1) is 0 Å². The highest BCUT2D eigenvalue weighted by Crippen LogP contribution is 2.14. The third-order valence-electron chi connectivity index (χ3n) is 2.48. The molecule has 8 nitrogen and oxygen atoms in total. The maximum atomic E-state index is 11.3. The first-order valence-corrected chi connectivity index (χ1v) is 8.12. The Morgan fingerprint density at radius 3 is 2.05 bits per heavy atom. The molecule has 0 spiro atoms. The molecule has 0 heterocycles. The zero-order valence-electron chi connectivity index (χ0n) is 12.4. The SMILES string of the molecule is CO[Si](CCCNC(=O)OCCOC(C)=O)(OC)OC. The minimum absolute atomic E-state index is 0.0261. The van der Waals surface area contributed by atoms with Gasteiger partial charge in [-0.3, -0.25) is 4.79 Å². The summed E-state index contributed by atoms with van der Waals surface area (Å²) in [4.78, 5) is 21.7.